The van der Waals surface area contributed by atoms with Crippen molar-refractivity contribution < 1.29 is 19.0 Å². The average Bonchev–Trinajstić information content (AvgIpc) is 3.19. The minimum Gasteiger partial charge on any atom is -0.497 e. The Kier molecular flexibility index (Phi) is 6.36. The number of fused-ring (bicyclic) bond motifs is 5. The Morgan fingerprint density at radius 3 is 2.66 bits per heavy atom. The number of esters is 1. The molecule has 0 bridgehead atoms. The summed E-state index contributed by atoms with van der Waals surface area (Å²) >= 11 is 0. The van der Waals surface area contributed by atoms with E-state index in [4.69, 9.17) is 14.2 Å². The van der Waals surface area contributed by atoms with Crippen molar-refractivity contribution in [3.05, 3.63) is 77.6 Å². The van der Waals surface area contributed by atoms with Gasteiger partial charge in [0.25, 0.3) is 0 Å². The van der Waals surface area contributed by atoms with E-state index in [-0.39, 0.29) is 5.41 Å². The van der Waals surface area contributed by atoms with Gasteiger partial charge in [-0.1, -0.05) is 37.1 Å². The van der Waals surface area contributed by atoms with Crippen LogP contribution < -0.4 is 4.74 Å². The minimum atomic E-state index is -0.636. The molecule has 2 saturated carbocycles. The second kappa shape index (κ2) is 9.46. The molecular weight excluding hydrogens is 436 g/mol. The highest BCUT2D eigenvalue weighted by molar-refractivity contribution is 5.81. The minimum absolute atomic E-state index is 0.0968. The van der Waals surface area contributed by atoms with Crippen LogP contribution in [0.1, 0.15) is 61.6 Å². The Morgan fingerprint density at radius 1 is 1.06 bits per heavy atom. The van der Waals surface area contributed by atoms with Crippen molar-refractivity contribution in [3.8, 4) is 17.6 Å². The molecule has 0 aromatic heterocycles. The van der Waals surface area contributed by atoms with Crippen molar-refractivity contribution in [2.24, 2.45) is 17.3 Å². The van der Waals surface area contributed by atoms with Crippen molar-refractivity contribution >= 4 is 5.97 Å². The molecule has 2 aromatic rings. The fourth-order valence-electron chi connectivity index (χ4n) is 7.08. The van der Waals surface area contributed by atoms with Crippen molar-refractivity contribution in [1.29, 1.82) is 0 Å². The third-order valence-electron chi connectivity index (χ3n) is 8.91. The molecule has 0 N–H and O–H groups in total. The molecular formula is C31H34O4. The van der Waals surface area contributed by atoms with Crippen LogP contribution in [-0.4, -0.2) is 25.8 Å². The summed E-state index contributed by atoms with van der Waals surface area (Å²) in [4.78, 5) is 11.7. The first-order chi connectivity index (χ1) is 17.0. The number of hydrogen-bond acceptors (Lipinski definition) is 4. The second-order valence-electron chi connectivity index (χ2n) is 10.4. The summed E-state index contributed by atoms with van der Waals surface area (Å²) < 4.78 is 16.7. The molecule has 2 fully saturated rings. The van der Waals surface area contributed by atoms with Gasteiger partial charge in [0, 0.05) is 11.0 Å². The topological polar surface area (TPSA) is 44.8 Å². The molecule has 0 aliphatic heterocycles. The number of benzene rings is 2. The SMILES string of the molecule is COC(=O)/C=C/OC1(C#Cc2ccccc2)CC[C@H]2[C@@H]3CCc4cc(OC)ccc4[C@H]3CC[C@@]21C. The van der Waals surface area contributed by atoms with Gasteiger partial charge in [-0.3, -0.25) is 0 Å². The zero-order valence-corrected chi connectivity index (χ0v) is 20.9. The molecule has 4 heteroatoms. The van der Waals surface area contributed by atoms with E-state index < -0.39 is 11.6 Å². The van der Waals surface area contributed by atoms with Gasteiger partial charge < -0.3 is 14.2 Å². The number of rotatable bonds is 4. The highest BCUT2D eigenvalue weighted by atomic mass is 16.5. The third kappa shape index (κ3) is 4.12. The first-order valence-corrected chi connectivity index (χ1v) is 12.7. The van der Waals surface area contributed by atoms with Crippen LogP contribution in [0.25, 0.3) is 0 Å². The summed E-state index contributed by atoms with van der Waals surface area (Å²) in [7, 11) is 3.12. The Balaban J connectivity index is 1.48. The third-order valence-corrected chi connectivity index (χ3v) is 8.91. The number of methoxy groups -OCH3 is 2. The molecule has 0 heterocycles. The fraction of sp³-hybridized carbons (Fsp3) is 0.452. The number of aryl methyl sites for hydroxylation is 1. The van der Waals surface area contributed by atoms with Crippen LogP contribution in [0, 0.1) is 29.1 Å². The summed E-state index contributed by atoms with van der Waals surface area (Å²) in [6, 6.07) is 16.7. The van der Waals surface area contributed by atoms with Crippen molar-refractivity contribution in [2.45, 2.75) is 57.0 Å². The van der Waals surface area contributed by atoms with Crippen LogP contribution in [0.4, 0.5) is 0 Å². The molecule has 2 aromatic carbocycles. The van der Waals surface area contributed by atoms with Gasteiger partial charge in [0.1, 0.15) is 5.75 Å². The molecule has 3 aliphatic carbocycles. The zero-order chi connectivity index (χ0) is 24.5. The van der Waals surface area contributed by atoms with E-state index >= 15 is 0 Å². The summed E-state index contributed by atoms with van der Waals surface area (Å²) in [5, 5.41) is 0. The average molecular weight is 471 g/mol. The quantitative estimate of drug-likeness (QED) is 0.236. The molecule has 4 nitrogen and oxygen atoms in total. The standard InChI is InChI=1S/C31H34O4/c1-30-17-14-26-25-12-10-24(33-2)21-23(25)9-11-27(26)28(30)15-19-31(30,35-20-16-29(32)34-3)18-13-22-7-5-4-6-8-22/h4-8,10,12,16,20-21,26-28H,9,11,14-15,17,19H2,1-3H3/b20-16+/t26-,27-,28+,30+,31?/m1/s1. The highest BCUT2D eigenvalue weighted by Gasteiger charge is 2.63. The number of ether oxygens (including phenoxy) is 3. The molecule has 5 atom stereocenters. The van der Waals surface area contributed by atoms with Crippen molar-refractivity contribution in [1.82, 2.24) is 0 Å². The summed E-state index contributed by atoms with van der Waals surface area (Å²) in [5.41, 5.74) is 3.19. The summed E-state index contributed by atoms with van der Waals surface area (Å²) in [6.45, 7) is 2.37. The Morgan fingerprint density at radius 2 is 1.89 bits per heavy atom. The number of carbonyl (C=O) groups is 1. The lowest BCUT2D eigenvalue weighted by molar-refractivity contribution is -0.135. The maximum Gasteiger partial charge on any atom is 0.333 e. The zero-order valence-electron chi connectivity index (χ0n) is 20.9. The predicted molar refractivity (Wildman–Crippen MR) is 136 cm³/mol. The van der Waals surface area contributed by atoms with Crippen LogP contribution in [0.15, 0.2) is 60.9 Å². The summed E-state index contributed by atoms with van der Waals surface area (Å²) in [5.74, 6) is 9.22. The molecule has 35 heavy (non-hydrogen) atoms. The van der Waals surface area contributed by atoms with Crippen LogP contribution in [-0.2, 0) is 20.7 Å². The molecule has 0 amide bonds. The van der Waals surface area contributed by atoms with E-state index in [1.165, 1.54) is 37.0 Å². The lowest BCUT2D eigenvalue weighted by Gasteiger charge is -2.52. The molecule has 1 unspecified atom stereocenters. The lowest BCUT2D eigenvalue weighted by atomic mass is 9.53. The molecule has 0 spiro atoms. The van der Waals surface area contributed by atoms with Gasteiger partial charge in [0.15, 0.2) is 5.60 Å². The lowest BCUT2D eigenvalue weighted by Crippen LogP contribution is -2.51. The van der Waals surface area contributed by atoms with E-state index in [0.717, 1.165) is 43.4 Å². The monoisotopic (exact) mass is 470 g/mol. The van der Waals surface area contributed by atoms with E-state index in [9.17, 15) is 4.79 Å². The van der Waals surface area contributed by atoms with Crippen LogP contribution in [0.5, 0.6) is 5.75 Å². The Bertz CT molecular complexity index is 1170. The van der Waals surface area contributed by atoms with Gasteiger partial charge in [-0.25, -0.2) is 4.79 Å². The van der Waals surface area contributed by atoms with Crippen LogP contribution >= 0.6 is 0 Å². The van der Waals surface area contributed by atoms with Crippen LogP contribution in [0.3, 0.4) is 0 Å². The Hall–Kier alpha value is -3.19. The summed E-state index contributed by atoms with van der Waals surface area (Å²) in [6.07, 6.45) is 9.25. The van der Waals surface area contributed by atoms with Gasteiger partial charge in [-0.05, 0) is 97.6 Å². The fourth-order valence-corrected chi connectivity index (χ4v) is 7.08. The number of carbonyl (C=O) groups excluding carboxylic acids is 1. The van der Waals surface area contributed by atoms with Gasteiger partial charge in [-0.2, -0.15) is 0 Å². The van der Waals surface area contributed by atoms with Crippen LogP contribution in [0.2, 0.25) is 0 Å². The van der Waals surface area contributed by atoms with Gasteiger partial charge >= 0.3 is 5.97 Å². The maximum atomic E-state index is 11.7. The Labute approximate surface area is 208 Å². The largest absolute Gasteiger partial charge is 0.497 e. The highest BCUT2D eigenvalue weighted by Crippen LogP contribution is 2.65. The molecule has 0 radical (unpaired) electrons. The first kappa shape index (κ1) is 23.5. The predicted octanol–water partition coefficient (Wildman–Crippen LogP) is 6.05. The van der Waals surface area contributed by atoms with E-state index in [1.54, 1.807) is 7.11 Å². The van der Waals surface area contributed by atoms with E-state index in [2.05, 4.69) is 37.0 Å². The smallest absolute Gasteiger partial charge is 0.333 e. The van der Waals surface area contributed by atoms with Crippen molar-refractivity contribution in [2.75, 3.05) is 14.2 Å². The molecule has 5 rings (SSSR count). The van der Waals surface area contributed by atoms with E-state index in [0.29, 0.717) is 17.8 Å². The molecule has 0 saturated heterocycles. The maximum absolute atomic E-state index is 11.7. The van der Waals surface area contributed by atoms with Gasteiger partial charge in [0.2, 0.25) is 0 Å². The number of hydrogen-bond donors (Lipinski definition) is 0. The first-order valence-electron chi connectivity index (χ1n) is 12.7. The molecule has 3 aliphatic rings. The van der Waals surface area contributed by atoms with Crippen molar-refractivity contribution in [3.63, 3.8) is 0 Å². The normalized spacial score (nSPS) is 30.9. The van der Waals surface area contributed by atoms with E-state index in [1.807, 2.05) is 30.3 Å². The van der Waals surface area contributed by atoms with Gasteiger partial charge in [-0.15, -0.1) is 0 Å². The van der Waals surface area contributed by atoms with Gasteiger partial charge in [0.05, 0.1) is 26.6 Å². The second-order valence-corrected chi connectivity index (χ2v) is 10.4. The molecule has 182 valence electrons.